The summed E-state index contributed by atoms with van der Waals surface area (Å²) in [6.45, 7) is 0. The summed E-state index contributed by atoms with van der Waals surface area (Å²) in [4.78, 5) is 23.3. The van der Waals surface area contributed by atoms with Crippen LogP contribution in [0.3, 0.4) is 0 Å². The maximum atomic E-state index is 12.5. The molecule has 0 aliphatic carbocycles. The van der Waals surface area contributed by atoms with Crippen LogP contribution in [0.4, 0.5) is 0 Å². The Morgan fingerprint density at radius 1 is 1.12 bits per heavy atom. The van der Waals surface area contributed by atoms with Crippen LogP contribution in [-0.2, 0) is 9.59 Å². The fourth-order valence-corrected chi connectivity index (χ4v) is 3.05. The van der Waals surface area contributed by atoms with Crippen LogP contribution in [0.25, 0.3) is 0 Å². The lowest BCUT2D eigenvalue weighted by molar-refractivity contribution is -0.141. The van der Waals surface area contributed by atoms with Crippen molar-refractivity contribution in [1.82, 2.24) is 5.01 Å². The van der Waals surface area contributed by atoms with Crippen LogP contribution in [0.5, 0.6) is 0 Å². The van der Waals surface area contributed by atoms with E-state index in [1.807, 2.05) is 48.5 Å². The maximum Gasteiger partial charge on any atom is 0.303 e. The number of nitrogens with zero attached hydrogens (tertiary/aromatic N) is 2. The Morgan fingerprint density at radius 2 is 1.88 bits per heavy atom. The van der Waals surface area contributed by atoms with Crippen molar-refractivity contribution in [3.63, 3.8) is 0 Å². The number of hydrogen-bond donors (Lipinski definition) is 1. The molecule has 1 N–H and O–H groups in total. The van der Waals surface area contributed by atoms with E-state index in [1.54, 1.807) is 6.07 Å². The van der Waals surface area contributed by atoms with Gasteiger partial charge in [0.05, 0.1) is 18.2 Å². The zero-order chi connectivity index (χ0) is 17.8. The van der Waals surface area contributed by atoms with E-state index in [0.29, 0.717) is 11.4 Å². The molecule has 6 heteroatoms. The summed E-state index contributed by atoms with van der Waals surface area (Å²) in [6, 6.07) is 16.7. The molecule has 3 rings (SSSR count). The standard InChI is InChI=1S/C19H17ClN2O3/c20-15-8-4-7-14(11-15)17-12-16(13-5-2-1-3-6-13)21-22(17)18(23)9-10-19(24)25/h1-8,11,17H,9-10,12H2,(H,24,25). The number of carbonyl (C=O) groups is 2. The summed E-state index contributed by atoms with van der Waals surface area (Å²) in [6.07, 6.45) is 0.259. The molecule has 1 amide bonds. The zero-order valence-corrected chi connectivity index (χ0v) is 14.2. The minimum absolute atomic E-state index is 0.0853. The third kappa shape index (κ3) is 4.06. The highest BCUT2D eigenvalue weighted by atomic mass is 35.5. The highest BCUT2D eigenvalue weighted by molar-refractivity contribution is 6.30. The van der Waals surface area contributed by atoms with Gasteiger partial charge in [0.25, 0.3) is 0 Å². The minimum Gasteiger partial charge on any atom is -0.481 e. The second-order valence-electron chi connectivity index (χ2n) is 5.82. The number of hydrogen-bond acceptors (Lipinski definition) is 3. The first-order chi connectivity index (χ1) is 12.0. The molecule has 0 aromatic heterocycles. The summed E-state index contributed by atoms with van der Waals surface area (Å²) in [5.41, 5.74) is 2.63. The summed E-state index contributed by atoms with van der Waals surface area (Å²) in [7, 11) is 0. The van der Waals surface area contributed by atoms with Crippen LogP contribution in [0.15, 0.2) is 59.7 Å². The van der Waals surface area contributed by atoms with Crippen molar-refractivity contribution < 1.29 is 14.7 Å². The van der Waals surface area contributed by atoms with Gasteiger partial charge in [0.15, 0.2) is 0 Å². The minimum atomic E-state index is -1.00. The molecule has 1 atom stereocenters. The summed E-state index contributed by atoms with van der Waals surface area (Å²) in [5, 5.41) is 15.3. The van der Waals surface area contributed by atoms with Crippen molar-refractivity contribution in [3.8, 4) is 0 Å². The van der Waals surface area contributed by atoms with Gasteiger partial charge in [-0.15, -0.1) is 0 Å². The SMILES string of the molecule is O=C(O)CCC(=O)N1N=C(c2ccccc2)CC1c1cccc(Cl)c1. The van der Waals surface area contributed by atoms with Crippen LogP contribution < -0.4 is 0 Å². The molecule has 2 aromatic carbocycles. The van der Waals surface area contributed by atoms with Crippen molar-refractivity contribution in [3.05, 3.63) is 70.7 Å². The topological polar surface area (TPSA) is 70.0 Å². The summed E-state index contributed by atoms with van der Waals surface area (Å²) >= 11 is 6.09. The number of aliphatic carboxylic acids is 1. The molecular formula is C19H17ClN2O3. The molecule has 1 aliphatic heterocycles. The molecule has 1 aliphatic rings. The van der Waals surface area contributed by atoms with E-state index < -0.39 is 5.97 Å². The van der Waals surface area contributed by atoms with Crippen LogP contribution in [0.2, 0.25) is 5.02 Å². The van der Waals surface area contributed by atoms with Gasteiger partial charge in [-0.3, -0.25) is 9.59 Å². The van der Waals surface area contributed by atoms with Gasteiger partial charge in [-0.05, 0) is 23.3 Å². The Balaban J connectivity index is 1.90. The summed E-state index contributed by atoms with van der Waals surface area (Å²) < 4.78 is 0. The molecule has 0 bridgehead atoms. The predicted octanol–water partition coefficient (Wildman–Crippen LogP) is 3.88. The second-order valence-corrected chi connectivity index (χ2v) is 6.26. The Bertz CT molecular complexity index is 820. The van der Waals surface area contributed by atoms with Crippen LogP contribution in [0.1, 0.15) is 36.4 Å². The van der Waals surface area contributed by atoms with E-state index in [4.69, 9.17) is 16.7 Å². The van der Waals surface area contributed by atoms with Gasteiger partial charge in [-0.25, -0.2) is 5.01 Å². The van der Waals surface area contributed by atoms with Gasteiger partial charge in [0.2, 0.25) is 5.91 Å². The van der Waals surface area contributed by atoms with Crippen molar-refractivity contribution >= 4 is 29.2 Å². The molecule has 1 unspecified atom stereocenters. The lowest BCUT2D eigenvalue weighted by Gasteiger charge is -2.22. The molecule has 0 saturated carbocycles. The van der Waals surface area contributed by atoms with Gasteiger partial charge in [-0.2, -0.15) is 5.10 Å². The first-order valence-corrected chi connectivity index (χ1v) is 8.34. The van der Waals surface area contributed by atoms with Gasteiger partial charge in [0, 0.05) is 17.9 Å². The van der Waals surface area contributed by atoms with Gasteiger partial charge in [-0.1, -0.05) is 54.1 Å². The monoisotopic (exact) mass is 356 g/mol. The molecular weight excluding hydrogens is 340 g/mol. The molecule has 0 saturated heterocycles. The third-order valence-corrected chi connectivity index (χ3v) is 4.29. The predicted molar refractivity (Wildman–Crippen MR) is 95.5 cm³/mol. The highest BCUT2D eigenvalue weighted by Crippen LogP contribution is 2.34. The van der Waals surface area contributed by atoms with Crippen molar-refractivity contribution in [2.75, 3.05) is 0 Å². The number of carboxylic acid groups (broad SMARTS) is 1. The Morgan fingerprint density at radius 3 is 2.56 bits per heavy atom. The molecule has 128 valence electrons. The van der Waals surface area contributed by atoms with Gasteiger partial charge in [0.1, 0.15) is 0 Å². The normalized spacial score (nSPS) is 16.6. The Kier molecular flexibility index (Phi) is 5.14. The smallest absolute Gasteiger partial charge is 0.303 e. The van der Waals surface area contributed by atoms with Crippen LogP contribution in [0, 0.1) is 0 Å². The van der Waals surface area contributed by atoms with E-state index in [-0.39, 0.29) is 24.8 Å². The lowest BCUT2D eigenvalue weighted by Crippen LogP contribution is -2.27. The van der Waals surface area contributed by atoms with Crippen molar-refractivity contribution in [1.29, 1.82) is 0 Å². The number of amides is 1. The molecule has 25 heavy (non-hydrogen) atoms. The number of halogens is 1. The largest absolute Gasteiger partial charge is 0.481 e. The van der Waals surface area contributed by atoms with Crippen LogP contribution >= 0.6 is 11.6 Å². The number of carbonyl (C=O) groups excluding carboxylic acids is 1. The fourth-order valence-electron chi connectivity index (χ4n) is 2.85. The van der Waals surface area contributed by atoms with E-state index >= 15 is 0 Å². The number of carboxylic acids is 1. The summed E-state index contributed by atoms with van der Waals surface area (Å²) in [5.74, 6) is -1.31. The molecule has 5 nitrogen and oxygen atoms in total. The van der Waals surface area contributed by atoms with Gasteiger partial charge < -0.3 is 5.11 Å². The number of rotatable bonds is 5. The first-order valence-electron chi connectivity index (χ1n) is 7.97. The molecule has 2 aromatic rings. The highest BCUT2D eigenvalue weighted by Gasteiger charge is 2.33. The van der Waals surface area contributed by atoms with E-state index in [2.05, 4.69) is 5.10 Å². The van der Waals surface area contributed by atoms with Crippen molar-refractivity contribution in [2.45, 2.75) is 25.3 Å². The van der Waals surface area contributed by atoms with E-state index in [0.717, 1.165) is 16.8 Å². The second kappa shape index (κ2) is 7.49. The molecule has 0 fully saturated rings. The van der Waals surface area contributed by atoms with Crippen molar-refractivity contribution in [2.24, 2.45) is 5.10 Å². The Hall–Kier alpha value is -2.66. The molecule has 0 spiro atoms. The first kappa shape index (κ1) is 17.2. The average molecular weight is 357 g/mol. The molecule has 0 radical (unpaired) electrons. The third-order valence-electron chi connectivity index (χ3n) is 4.06. The van der Waals surface area contributed by atoms with Crippen LogP contribution in [-0.4, -0.2) is 27.7 Å². The van der Waals surface area contributed by atoms with E-state index in [1.165, 1.54) is 5.01 Å². The van der Waals surface area contributed by atoms with Gasteiger partial charge >= 0.3 is 5.97 Å². The number of hydrazone groups is 1. The average Bonchev–Trinajstić information content (AvgIpc) is 3.06. The Labute approximate surface area is 150 Å². The fraction of sp³-hybridized carbons (Fsp3) is 0.211. The lowest BCUT2D eigenvalue weighted by atomic mass is 9.98. The van der Waals surface area contributed by atoms with E-state index in [9.17, 15) is 9.59 Å². The quantitative estimate of drug-likeness (QED) is 0.883. The maximum absolute atomic E-state index is 12.5. The molecule has 1 heterocycles. The zero-order valence-electron chi connectivity index (χ0n) is 13.4. The number of benzene rings is 2.